The summed E-state index contributed by atoms with van der Waals surface area (Å²) in [6.45, 7) is 2.15. The van der Waals surface area contributed by atoms with Crippen molar-refractivity contribution in [3.8, 4) is 11.5 Å². The van der Waals surface area contributed by atoms with Crippen LogP contribution in [0.15, 0.2) is 42.5 Å². The first kappa shape index (κ1) is 12.8. The van der Waals surface area contributed by atoms with Gasteiger partial charge in [-0.1, -0.05) is 36.2 Å². The van der Waals surface area contributed by atoms with E-state index >= 15 is 0 Å². The van der Waals surface area contributed by atoms with Crippen molar-refractivity contribution in [3.05, 3.63) is 59.2 Å². The largest absolute Gasteiger partial charge is 0.508 e. The monoisotopic (exact) mass is 280 g/mol. The molecule has 0 radical (unpaired) electrons. The van der Waals surface area contributed by atoms with E-state index in [-0.39, 0.29) is 6.10 Å². The minimum Gasteiger partial charge on any atom is -0.508 e. The molecule has 0 bridgehead atoms. The topological polar surface area (TPSA) is 29.5 Å². The summed E-state index contributed by atoms with van der Waals surface area (Å²) in [5.41, 5.74) is 3.88. The molecule has 0 amide bonds. The molecule has 1 saturated carbocycles. The molecule has 1 aliphatic heterocycles. The third-order valence-corrected chi connectivity index (χ3v) is 5.00. The quantitative estimate of drug-likeness (QED) is 0.819. The zero-order valence-electron chi connectivity index (χ0n) is 12.3. The number of aryl methyl sites for hydroxylation is 1. The van der Waals surface area contributed by atoms with E-state index in [2.05, 4.69) is 25.1 Å². The Morgan fingerprint density at radius 3 is 2.67 bits per heavy atom. The Labute approximate surface area is 125 Å². The standard InChI is InChI=1S/C19H20O2/c1-12-5-10-18-17(11-12)15-3-2-4-16(15)19(21-18)13-6-8-14(20)9-7-13/h5-11,15-16,19-20H,2-4H2,1H3. The Morgan fingerprint density at radius 2 is 1.86 bits per heavy atom. The molecule has 4 rings (SSSR count). The second-order valence-electron chi connectivity index (χ2n) is 6.37. The van der Waals surface area contributed by atoms with Gasteiger partial charge in [0.25, 0.3) is 0 Å². The van der Waals surface area contributed by atoms with E-state index in [1.165, 1.54) is 36.0 Å². The first-order valence-corrected chi connectivity index (χ1v) is 7.78. The highest BCUT2D eigenvalue weighted by Crippen LogP contribution is 2.53. The Hall–Kier alpha value is -1.96. The number of aromatic hydroxyl groups is 1. The van der Waals surface area contributed by atoms with Crippen LogP contribution < -0.4 is 4.74 Å². The molecule has 2 heteroatoms. The van der Waals surface area contributed by atoms with E-state index < -0.39 is 0 Å². The maximum absolute atomic E-state index is 9.49. The fourth-order valence-electron chi connectivity index (χ4n) is 4.01. The molecule has 21 heavy (non-hydrogen) atoms. The first-order chi connectivity index (χ1) is 10.2. The van der Waals surface area contributed by atoms with Crippen LogP contribution in [0.5, 0.6) is 11.5 Å². The molecule has 2 nitrogen and oxygen atoms in total. The van der Waals surface area contributed by atoms with E-state index in [1.807, 2.05) is 12.1 Å². The molecular formula is C19H20O2. The normalized spacial score (nSPS) is 26.8. The van der Waals surface area contributed by atoms with Gasteiger partial charge in [-0.3, -0.25) is 0 Å². The zero-order valence-corrected chi connectivity index (χ0v) is 12.3. The summed E-state index contributed by atoms with van der Waals surface area (Å²) >= 11 is 0. The van der Waals surface area contributed by atoms with Gasteiger partial charge in [0, 0.05) is 5.92 Å². The number of benzene rings is 2. The van der Waals surface area contributed by atoms with Gasteiger partial charge in [-0.15, -0.1) is 0 Å². The lowest BCUT2D eigenvalue weighted by Gasteiger charge is -2.36. The fourth-order valence-corrected chi connectivity index (χ4v) is 4.01. The number of phenols is 1. The highest BCUT2D eigenvalue weighted by molar-refractivity contribution is 5.44. The minimum atomic E-state index is 0.119. The molecular weight excluding hydrogens is 260 g/mol. The van der Waals surface area contributed by atoms with Gasteiger partial charge in [0.15, 0.2) is 0 Å². The van der Waals surface area contributed by atoms with Crippen molar-refractivity contribution in [3.63, 3.8) is 0 Å². The van der Waals surface area contributed by atoms with Crippen LogP contribution in [-0.4, -0.2) is 5.11 Å². The summed E-state index contributed by atoms with van der Waals surface area (Å²) in [4.78, 5) is 0. The summed E-state index contributed by atoms with van der Waals surface area (Å²) in [7, 11) is 0. The highest BCUT2D eigenvalue weighted by Gasteiger charge is 2.41. The van der Waals surface area contributed by atoms with Crippen LogP contribution in [0.4, 0.5) is 0 Å². The molecule has 3 atom stereocenters. The third kappa shape index (κ3) is 2.10. The van der Waals surface area contributed by atoms with Gasteiger partial charge in [0.1, 0.15) is 17.6 Å². The second kappa shape index (κ2) is 4.80. The number of fused-ring (bicyclic) bond motifs is 3. The molecule has 2 aromatic carbocycles. The van der Waals surface area contributed by atoms with Crippen LogP contribution in [0.3, 0.4) is 0 Å². The van der Waals surface area contributed by atoms with Gasteiger partial charge >= 0.3 is 0 Å². The number of hydrogen-bond acceptors (Lipinski definition) is 2. The maximum atomic E-state index is 9.49. The van der Waals surface area contributed by atoms with Crippen molar-refractivity contribution in [2.45, 2.75) is 38.2 Å². The van der Waals surface area contributed by atoms with Crippen LogP contribution >= 0.6 is 0 Å². The lowest BCUT2D eigenvalue weighted by atomic mass is 9.79. The molecule has 0 saturated heterocycles. The zero-order chi connectivity index (χ0) is 14.4. The van der Waals surface area contributed by atoms with Crippen LogP contribution in [0.25, 0.3) is 0 Å². The summed E-state index contributed by atoms with van der Waals surface area (Å²) in [5, 5.41) is 9.49. The smallest absolute Gasteiger partial charge is 0.127 e. The van der Waals surface area contributed by atoms with E-state index in [4.69, 9.17) is 4.74 Å². The molecule has 2 aliphatic rings. The molecule has 1 N–H and O–H groups in total. The third-order valence-electron chi connectivity index (χ3n) is 5.00. The van der Waals surface area contributed by atoms with Crippen LogP contribution in [-0.2, 0) is 0 Å². The van der Waals surface area contributed by atoms with E-state index in [0.717, 1.165) is 5.75 Å². The van der Waals surface area contributed by atoms with Gasteiger partial charge in [-0.05, 0) is 55.0 Å². The van der Waals surface area contributed by atoms with Crippen molar-refractivity contribution in [2.75, 3.05) is 0 Å². The lowest BCUT2D eigenvalue weighted by molar-refractivity contribution is 0.104. The number of phenolic OH excluding ortho intramolecular Hbond substituents is 1. The molecule has 3 unspecified atom stereocenters. The Bertz CT molecular complexity index is 660. The average molecular weight is 280 g/mol. The van der Waals surface area contributed by atoms with Crippen molar-refractivity contribution >= 4 is 0 Å². The predicted molar refractivity (Wildman–Crippen MR) is 82.7 cm³/mol. The summed E-state index contributed by atoms with van der Waals surface area (Å²) in [5.74, 6) is 2.53. The van der Waals surface area contributed by atoms with Crippen LogP contribution in [0, 0.1) is 12.8 Å². The number of ether oxygens (including phenoxy) is 1. The van der Waals surface area contributed by atoms with Gasteiger partial charge in [-0.25, -0.2) is 0 Å². The predicted octanol–water partition coefficient (Wildman–Crippen LogP) is 4.72. The lowest BCUT2D eigenvalue weighted by Crippen LogP contribution is -2.26. The Balaban J connectivity index is 1.77. The van der Waals surface area contributed by atoms with Crippen LogP contribution in [0.1, 0.15) is 48.0 Å². The van der Waals surface area contributed by atoms with E-state index in [1.54, 1.807) is 12.1 Å². The van der Waals surface area contributed by atoms with Gasteiger partial charge in [0.05, 0.1) is 0 Å². The summed E-state index contributed by atoms with van der Waals surface area (Å²) in [6, 6.07) is 14.0. The number of hydrogen-bond donors (Lipinski definition) is 1. The summed E-state index contributed by atoms with van der Waals surface area (Å²) in [6.07, 6.45) is 3.89. The van der Waals surface area contributed by atoms with Crippen molar-refractivity contribution in [2.24, 2.45) is 5.92 Å². The first-order valence-electron chi connectivity index (χ1n) is 7.78. The van der Waals surface area contributed by atoms with Gasteiger partial charge < -0.3 is 9.84 Å². The number of rotatable bonds is 1. The SMILES string of the molecule is Cc1ccc2c(c1)C1CCCC1C(c1ccc(O)cc1)O2. The molecule has 1 aliphatic carbocycles. The minimum absolute atomic E-state index is 0.119. The van der Waals surface area contributed by atoms with E-state index in [0.29, 0.717) is 17.6 Å². The van der Waals surface area contributed by atoms with Crippen molar-refractivity contribution < 1.29 is 9.84 Å². The van der Waals surface area contributed by atoms with Crippen LogP contribution in [0.2, 0.25) is 0 Å². The maximum Gasteiger partial charge on any atom is 0.127 e. The molecule has 2 aromatic rings. The Morgan fingerprint density at radius 1 is 1.05 bits per heavy atom. The summed E-state index contributed by atoms with van der Waals surface area (Å²) < 4.78 is 6.35. The van der Waals surface area contributed by atoms with Gasteiger partial charge in [0.2, 0.25) is 0 Å². The molecule has 0 spiro atoms. The van der Waals surface area contributed by atoms with Crippen molar-refractivity contribution in [1.82, 2.24) is 0 Å². The van der Waals surface area contributed by atoms with E-state index in [9.17, 15) is 5.11 Å². The Kier molecular flexibility index (Phi) is 2.91. The van der Waals surface area contributed by atoms with Gasteiger partial charge in [-0.2, -0.15) is 0 Å². The second-order valence-corrected chi connectivity index (χ2v) is 6.37. The molecule has 0 aromatic heterocycles. The highest BCUT2D eigenvalue weighted by atomic mass is 16.5. The molecule has 108 valence electrons. The fraction of sp³-hybridized carbons (Fsp3) is 0.368. The van der Waals surface area contributed by atoms with Crippen molar-refractivity contribution in [1.29, 1.82) is 0 Å². The molecule has 1 heterocycles. The molecule has 1 fully saturated rings. The average Bonchev–Trinajstić information content (AvgIpc) is 2.97.